The molecule has 0 aliphatic heterocycles. The number of anilines is 2. The predicted octanol–water partition coefficient (Wildman–Crippen LogP) is 2.24. The van der Waals surface area contributed by atoms with Crippen molar-refractivity contribution < 1.29 is 13.2 Å². The molecule has 0 fully saturated rings. The van der Waals surface area contributed by atoms with Crippen molar-refractivity contribution in [3.05, 3.63) is 24.3 Å². The lowest BCUT2D eigenvalue weighted by atomic mass is 10.2. The Labute approximate surface area is 121 Å². The van der Waals surface area contributed by atoms with Crippen LogP contribution in [0.1, 0.15) is 26.7 Å². The first-order valence-electron chi connectivity index (χ1n) is 6.60. The van der Waals surface area contributed by atoms with Gasteiger partial charge in [0.15, 0.2) is 0 Å². The predicted molar refractivity (Wildman–Crippen MR) is 82.6 cm³/mol. The largest absolute Gasteiger partial charge is 0.316 e. The smallest absolute Gasteiger partial charge is 0.234 e. The molecule has 0 N–H and O–H groups in total. The minimum atomic E-state index is -3.27. The Bertz CT molecular complexity index is 552. The monoisotopic (exact) mass is 298 g/mol. The Morgan fingerprint density at radius 1 is 1.10 bits per heavy atom. The number of unbranched alkanes of at least 4 members (excludes halogenated alkanes) is 1. The van der Waals surface area contributed by atoms with E-state index in [2.05, 4.69) is 0 Å². The number of benzene rings is 1. The first kappa shape index (κ1) is 16.5. The van der Waals surface area contributed by atoms with E-state index in [4.69, 9.17) is 0 Å². The molecule has 1 aromatic carbocycles. The molecule has 0 unspecified atom stereocenters. The summed E-state index contributed by atoms with van der Waals surface area (Å²) in [5.41, 5.74) is 1.34. The van der Waals surface area contributed by atoms with E-state index in [1.165, 1.54) is 16.1 Å². The molecule has 0 saturated carbocycles. The number of sulfonamides is 1. The van der Waals surface area contributed by atoms with Crippen LogP contribution in [0, 0.1) is 0 Å². The molecule has 112 valence electrons. The van der Waals surface area contributed by atoms with Gasteiger partial charge in [0.1, 0.15) is 0 Å². The van der Waals surface area contributed by atoms with Gasteiger partial charge in [0, 0.05) is 26.7 Å². The third-order valence-electron chi connectivity index (χ3n) is 3.25. The summed E-state index contributed by atoms with van der Waals surface area (Å²) in [4.78, 5) is 12.8. The molecule has 5 nitrogen and oxygen atoms in total. The summed E-state index contributed by atoms with van der Waals surface area (Å²) in [6.07, 6.45) is 1.49. The lowest BCUT2D eigenvalue weighted by Crippen LogP contribution is -2.29. The molecule has 0 atom stereocenters. The second kappa shape index (κ2) is 6.74. The zero-order chi connectivity index (χ0) is 15.3. The Balaban J connectivity index is 2.90. The number of carbonyl (C=O) groups excluding carboxylic acids is 1. The van der Waals surface area contributed by atoms with E-state index in [0.29, 0.717) is 12.1 Å². The van der Waals surface area contributed by atoms with Crippen molar-refractivity contribution in [1.82, 2.24) is 0 Å². The van der Waals surface area contributed by atoms with Crippen LogP contribution in [-0.4, -0.2) is 34.2 Å². The number of carbonyl (C=O) groups is 1. The van der Waals surface area contributed by atoms with Crippen molar-refractivity contribution in [2.75, 3.05) is 29.1 Å². The number of nitrogens with zero attached hydrogens (tertiary/aromatic N) is 2. The van der Waals surface area contributed by atoms with Crippen molar-refractivity contribution in [1.29, 1.82) is 0 Å². The van der Waals surface area contributed by atoms with Gasteiger partial charge in [-0.3, -0.25) is 9.10 Å². The molecular weight excluding hydrogens is 276 g/mol. The third kappa shape index (κ3) is 3.96. The molecule has 0 aromatic heterocycles. The number of hydrogen-bond acceptors (Lipinski definition) is 3. The fraction of sp³-hybridized carbons (Fsp3) is 0.500. The van der Waals surface area contributed by atoms with Crippen LogP contribution < -0.4 is 9.21 Å². The molecular formula is C14H22N2O3S. The fourth-order valence-corrected chi connectivity index (χ4v) is 3.06. The molecule has 0 bridgehead atoms. The summed E-state index contributed by atoms with van der Waals surface area (Å²) >= 11 is 0. The molecule has 1 amide bonds. The molecule has 6 heteroatoms. The van der Waals surface area contributed by atoms with Crippen LogP contribution in [0.5, 0.6) is 0 Å². The zero-order valence-electron chi connectivity index (χ0n) is 12.5. The highest BCUT2D eigenvalue weighted by Crippen LogP contribution is 2.21. The number of amides is 1. The highest BCUT2D eigenvalue weighted by Gasteiger charge is 2.17. The summed E-state index contributed by atoms with van der Waals surface area (Å²) in [6.45, 7) is 3.44. The highest BCUT2D eigenvalue weighted by atomic mass is 32.2. The molecule has 1 rings (SSSR count). The first-order valence-corrected chi connectivity index (χ1v) is 8.21. The van der Waals surface area contributed by atoms with E-state index < -0.39 is 10.0 Å². The van der Waals surface area contributed by atoms with Gasteiger partial charge < -0.3 is 4.90 Å². The van der Waals surface area contributed by atoms with Gasteiger partial charge in [-0.1, -0.05) is 13.3 Å². The summed E-state index contributed by atoms with van der Waals surface area (Å²) < 4.78 is 25.4. The molecule has 0 aliphatic carbocycles. The average molecular weight is 298 g/mol. The number of hydrogen-bond donors (Lipinski definition) is 0. The Hall–Kier alpha value is -1.56. The summed E-state index contributed by atoms with van der Waals surface area (Å²) in [5, 5.41) is 0. The Morgan fingerprint density at radius 3 is 2.05 bits per heavy atom. The second-order valence-corrected chi connectivity index (χ2v) is 6.85. The summed E-state index contributed by atoms with van der Waals surface area (Å²) in [6, 6.07) is 6.89. The highest BCUT2D eigenvalue weighted by molar-refractivity contribution is 7.92. The number of rotatable bonds is 6. The van der Waals surface area contributed by atoms with Crippen molar-refractivity contribution in [2.24, 2.45) is 0 Å². The van der Waals surface area contributed by atoms with Crippen molar-refractivity contribution in [3.63, 3.8) is 0 Å². The van der Waals surface area contributed by atoms with Crippen LogP contribution in [-0.2, 0) is 14.8 Å². The maximum Gasteiger partial charge on any atom is 0.234 e. The molecule has 0 heterocycles. The van der Waals surface area contributed by atoms with Gasteiger partial charge in [0.25, 0.3) is 0 Å². The van der Waals surface area contributed by atoms with Crippen molar-refractivity contribution in [2.45, 2.75) is 26.7 Å². The topological polar surface area (TPSA) is 57.7 Å². The van der Waals surface area contributed by atoms with E-state index in [9.17, 15) is 13.2 Å². The van der Waals surface area contributed by atoms with Crippen LogP contribution in [0.2, 0.25) is 0 Å². The van der Waals surface area contributed by atoms with Crippen molar-refractivity contribution in [3.8, 4) is 0 Å². The quantitative estimate of drug-likeness (QED) is 0.809. The average Bonchev–Trinajstić information content (AvgIpc) is 2.43. The lowest BCUT2D eigenvalue weighted by Gasteiger charge is -2.21. The van der Waals surface area contributed by atoms with Gasteiger partial charge in [0.2, 0.25) is 15.9 Å². The van der Waals surface area contributed by atoms with Gasteiger partial charge >= 0.3 is 0 Å². The van der Waals surface area contributed by atoms with Gasteiger partial charge in [-0.15, -0.1) is 0 Å². The van der Waals surface area contributed by atoms with Crippen LogP contribution in [0.3, 0.4) is 0 Å². The van der Waals surface area contributed by atoms with Gasteiger partial charge in [0.05, 0.1) is 11.4 Å². The van der Waals surface area contributed by atoms with Crippen LogP contribution in [0.15, 0.2) is 24.3 Å². The molecule has 0 radical (unpaired) electrons. The summed E-state index contributed by atoms with van der Waals surface area (Å²) in [5.74, 6) is 0.0800. The molecule has 0 spiro atoms. The zero-order valence-corrected chi connectivity index (χ0v) is 13.3. The minimum Gasteiger partial charge on any atom is -0.316 e. The fourth-order valence-electron chi connectivity index (χ4n) is 1.69. The third-order valence-corrected chi connectivity index (χ3v) is 5.10. The second-order valence-electron chi connectivity index (χ2n) is 4.73. The standard InChI is InChI=1S/C14H22N2O3S/c1-5-6-11-20(18,19)16(4)14-9-7-13(8-10-14)15(3)12(2)17/h7-10H,5-6,11H2,1-4H3. The van der Waals surface area contributed by atoms with E-state index in [0.717, 1.165) is 12.1 Å². The van der Waals surface area contributed by atoms with E-state index >= 15 is 0 Å². The van der Waals surface area contributed by atoms with Crippen LogP contribution >= 0.6 is 0 Å². The van der Waals surface area contributed by atoms with Crippen molar-refractivity contribution >= 4 is 27.3 Å². The van der Waals surface area contributed by atoms with Gasteiger partial charge in [-0.05, 0) is 30.7 Å². The Kier molecular flexibility index (Phi) is 5.56. The van der Waals surface area contributed by atoms with E-state index in [-0.39, 0.29) is 11.7 Å². The molecule has 0 saturated heterocycles. The van der Waals surface area contributed by atoms with Crippen LogP contribution in [0.4, 0.5) is 11.4 Å². The van der Waals surface area contributed by atoms with Crippen LogP contribution in [0.25, 0.3) is 0 Å². The van der Waals surface area contributed by atoms with Gasteiger partial charge in [-0.25, -0.2) is 8.42 Å². The SMILES string of the molecule is CCCCS(=O)(=O)N(C)c1ccc(N(C)C(C)=O)cc1. The molecule has 1 aromatic rings. The lowest BCUT2D eigenvalue weighted by molar-refractivity contribution is -0.116. The van der Waals surface area contributed by atoms with E-state index in [1.807, 2.05) is 6.92 Å². The Morgan fingerprint density at radius 2 is 1.60 bits per heavy atom. The maximum absolute atomic E-state index is 12.1. The molecule has 0 aliphatic rings. The first-order chi connectivity index (χ1) is 9.29. The van der Waals surface area contributed by atoms with E-state index in [1.54, 1.807) is 38.4 Å². The normalized spacial score (nSPS) is 11.2. The maximum atomic E-state index is 12.1. The minimum absolute atomic E-state index is 0.0679. The summed E-state index contributed by atoms with van der Waals surface area (Å²) in [7, 11) is -0.0422. The molecule has 20 heavy (non-hydrogen) atoms. The van der Waals surface area contributed by atoms with Gasteiger partial charge in [-0.2, -0.15) is 0 Å².